The van der Waals surface area contributed by atoms with Gasteiger partial charge in [-0.25, -0.2) is 15.0 Å². The van der Waals surface area contributed by atoms with Crippen molar-refractivity contribution >= 4 is 11.6 Å². The Morgan fingerprint density at radius 2 is 1.96 bits per heavy atom. The topological polar surface area (TPSA) is 72.4 Å². The minimum atomic E-state index is 0.529. The lowest BCUT2D eigenvalue weighted by atomic mass is 10.1. The second-order valence-electron chi connectivity index (χ2n) is 6.25. The molecular formula is C19H29N5O2. The van der Waals surface area contributed by atoms with Crippen molar-refractivity contribution in [3.8, 4) is 22.9 Å². The van der Waals surface area contributed by atoms with Gasteiger partial charge < -0.3 is 19.7 Å². The van der Waals surface area contributed by atoms with Gasteiger partial charge in [0.15, 0.2) is 5.82 Å². The van der Waals surface area contributed by atoms with E-state index in [1.807, 2.05) is 39.0 Å². The van der Waals surface area contributed by atoms with Crippen molar-refractivity contribution in [2.45, 2.75) is 33.1 Å². The largest absolute Gasteiger partial charge is 0.496 e. The molecule has 0 bridgehead atoms. The lowest BCUT2D eigenvalue weighted by molar-refractivity contribution is 0.295. The van der Waals surface area contributed by atoms with Gasteiger partial charge in [0, 0.05) is 33.4 Å². The van der Waals surface area contributed by atoms with Gasteiger partial charge in [0.25, 0.3) is 5.88 Å². The minimum Gasteiger partial charge on any atom is -0.496 e. The Hall–Kier alpha value is -2.57. The van der Waals surface area contributed by atoms with E-state index in [2.05, 4.69) is 22.2 Å². The van der Waals surface area contributed by atoms with Crippen LogP contribution in [0.2, 0.25) is 0 Å². The number of aryl methyl sites for hydroxylation is 1. The molecular weight excluding hydrogens is 330 g/mol. The van der Waals surface area contributed by atoms with E-state index in [4.69, 9.17) is 14.5 Å². The number of hydrogen-bond acceptors (Lipinski definition) is 7. The molecule has 0 aliphatic rings. The number of aromatic nitrogens is 3. The first kappa shape index (κ1) is 19.8. The molecule has 2 rings (SSSR count). The van der Waals surface area contributed by atoms with Crippen molar-refractivity contribution in [2.24, 2.45) is 0 Å². The molecule has 0 unspecified atom stereocenters. The molecule has 0 amide bonds. The molecule has 0 saturated heterocycles. The fourth-order valence-electron chi connectivity index (χ4n) is 2.56. The molecule has 0 atom stereocenters. The molecule has 0 saturated carbocycles. The van der Waals surface area contributed by atoms with Gasteiger partial charge in [-0.1, -0.05) is 19.8 Å². The summed E-state index contributed by atoms with van der Waals surface area (Å²) in [6, 6.07) is 1.89. The highest BCUT2D eigenvalue weighted by molar-refractivity contribution is 5.72. The predicted octanol–water partition coefficient (Wildman–Crippen LogP) is 3.53. The quantitative estimate of drug-likeness (QED) is 0.687. The second kappa shape index (κ2) is 9.22. The van der Waals surface area contributed by atoms with Crippen LogP contribution in [0.5, 0.6) is 11.6 Å². The number of nitrogens with one attached hydrogen (secondary N) is 1. The maximum atomic E-state index is 5.82. The number of unbranched alkanes of at least 4 members (excludes halogenated alkanes) is 2. The van der Waals surface area contributed by atoms with Gasteiger partial charge in [-0.05, 0) is 13.3 Å². The molecule has 0 spiro atoms. The van der Waals surface area contributed by atoms with Crippen LogP contribution in [0.4, 0.5) is 11.6 Å². The Morgan fingerprint density at radius 3 is 2.58 bits per heavy atom. The van der Waals surface area contributed by atoms with Crippen molar-refractivity contribution in [2.75, 3.05) is 45.1 Å². The summed E-state index contributed by atoms with van der Waals surface area (Å²) >= 11 is 0. The van der Waals surface area contributed by atoms with Crippen molar-refractivity contribution in [3.05, 3.63) is 18.0 Å². The van der Waals surface area contributed by atoms with E-state index < -0.39 is 0 Å². The Labute approximate surface area is 155 Å². The second-order valence-corrected chi connectivity index (χ2v) is 6.25. The molecule has 7 nitrogen and oxygen atoms in total. The molecule has 0 aliphatic carbocycles. The van der Waals surface area contributed by atoms with Crippen LogP contribution < -0.4 is 19.7 Å². The molecule has 2 aromatic rings. The van der Waals surface area contributed by atoms with Gasteiger partial charge in [-0.3, -0.25) is 0 Å². The van der Waals surface area contributed by atoms with Crippen LogP contribution in [0.1, 0.15) is 31.9 Å². The molecule has 0 fully saturated rings. The van der Waals surface area contributed by atoms with Gasteiger partial charge >= 0.3 is 0 Å². The van der Waals surface area contributed by atoms with Crippen LogP contribution in [0.25, 0.3) is 11.3 Å². The third kappa shape index (κ3) is 4.53. The van der Waals surface area contributed by atoms with E-state index in [0.29, 0.717) is 24.1 Å². The fraction of sp³-hybridized carbons (Fsp3) is 0.526. The van der Waals surface area contributed by atoms with Crippen LogP contribution in [0.15, 0.2) is 12.3 Å². The van der Waals surface area contributed by atoms with E-state index >= 15 is 0 Å². The maximum absolute atomic E-state index is 5.82. The summed E-state index contributed by atoms with van der Waals surface area (Å²) in [6.07, 6.45) is 5.07. The monoisotopic (exact) mass is 359 g/mol. The average Bonchev–Trinajstić information content (AvgIpc) is 2.65. The molecule has 142 valence electrons. The zero-order chi connectivity index (χ0) is 19.1. The number of anilines is 2. The number of pyridine rings is 1. The Balaban J connectivity index is 2.38. The van der Waals surface area contributed by atoms with Crippen LogP contribution in [-0.2, 0) is 0 Å². The summed E-state index contributed by atoms with van der Waals surface area (Å²) in [5.41, 5.74) is 2.30. The molecule has 0 radical (unpaired) electrons. The molecule has 2 aromatic heterocycles. The van der Waals surface area contributed by atoms with Crippen molar-refractivity contribution in [3.63, 3.8) is 0 Å². The molecule has 7 heteroatoms. The maximum Gasteiger partial charge on any atom is 0.257 e. The first-order chi connectivity index (χ1) is 12.5. The van der Waals surface area contributed by atoms with Crippen molar-refractivity contribution < 1.29 is 9.47 Å². The molecule has 26 heavy (non-hydrogen) atoms. The molecule has 0 aliphatic heterocycles. The zero-order valence-electron chi connectivity index (χ0n) is 16.6. The van der Waals surface area contributed by atoms with Crippen LogP contribution in [-0.4, -0.2) is 49.8 Å². The normalized spacial score (nSPS) is 10.5. The standard InChI is InChI=1S/C19H29N5O2/c1-7-8-9-10-26-19-18(20-3)23-17(13(2)22-19)14-12-21-16(24(4)5)11-15(14)25-6/h11-12H,7-10H2,1-6H3,(H,20,23). The summed E-state index contributed by atoms with van der Waals surface area (Å²) in [6.45, 7) is 4.72. The predicted molar refractivity (Wildman–Crippen MR) is 105 cm³/mol. The van der Waals surface area contributed by atoms with E-state index in [0.717, 1.165) is 42.0 Å². The van der Waals surface area contributed by atoms with E-state index in [-0.39, 0.29) is 0 Å². The minimum absolute atomic E-state index is 0.529. The van der Waals surface area contributed by atoms with E-state index in [1.54, 1.807) is 13.3 Å². The van der Waals surface area contributed by atoms with Gasteiger partial charge in [0.05, 0.1) is 30.7 Å². The lowest BCUT2D eigenvalue weighted by Gasteiger charge is -2.17. The summed E-state index contributed by atoms with van der Waals surface area (Å²) in [5, 5.41) is 3.07. The zero-order valence-corrected chi connectivity index (χ0v) is 16.6. The third-order valence-corrected chi connectivity index (χ3v) is 4.05. The summed E-state index contributed by atoms with van der Waals surface area (Å²) in [5.74, 6) is 2.67. The first-order valence-corrected chi connectivity index (χ1v) is 8.92. The molecule has 0 aromatic carbocycles. The van der Waals surface area contributed by atoms with E-state index in [9.17, 15) is 0 Å². The highest BCUT2D eigenvalue weighted by Crippen LogP contribution is 2.34. The Morgan fingerprint density at radius 1 is 1.19 bits per heavy atom. The number of methoxy groups -OCH3 is 1. The Bertz CT molecular complexity index is 734. The smallest absolute Gasteiger partial charge is 0.257 e. The fourth-order valence-corrected chi connectivity index (χ4v) is 2.56. The summed E-state index contributed by atoms with van der Waals surface area (Å²) < 4.78 is 11.4. The van der Waals surface area contributed by atoms with Crippen LogP contribution in [0, 0.1) is 6.92 Å². The first-order valence-electron chi connectivity index (χ1n) is 8.92. The number of nitrogens with zero attached hydrogens (tertiary/aromatic N) is 4. The third-order valence-electron chi connectivity index (χ3n) is 4.05. The van der Waals surface area contributed by atoms with Gasteiger partial charge in [0.1, 0.15) is 11.6 Å². The molecule has 1 N–H and O–H groups in total. The number of rotatable bonds is 9. The average molecular weight is 359 g/mol. The lowest BCUT2D eigenvalue weighted by Crippen LogP contribution is -2.11. The van der Waals surface area contributed by atoms with Crippen LogP contribution in [0.3, 0.4) is 0 Å². The van der Waals surface area contributed by atoms with E-state index in [1.165, 1.54) is 0 Å². The Kier molecular flexibility index (Phi) is 7.00. The number of hydrogen-bond donors (Lipinski definition) is 1. The summed E-state index contributed by atoms with van der Waals surface area (Å²) in [7, 11) is 7.34. The van der Waals surface area contributed by atoms with Gasteiger partial charge in [0.2, 0.25) is 0 Å². The highest BCUT2D eigenvalue weighted by Gasteiger charge is 2.17. The van der Waals surface area contributed by atoms with Crippen LogP contribution >= 0.6 is 0 Å². The number of ether oxygens (including phenoxy) is 2. The van der Waals surface area contributed by atoms with Gasteiger partial charge in [-0.15, -0.1) is 0 Å². The highest BCUT2D eigenvalue weighted by atomic mass is 16.5. The molecule has 2 heterocycles. The van der Waals surface area contributed by atoms with Gasteiger partial charge in [-0.2, -0.15) is 0 Å². The summed E-state index contributed by atoms with van der Waals surface area (Å²) in [4.78, 5) is 15.7. The van der Waals surface area contributed by atoms with Crippen molar-refractivity contribution in [1.29, 1.82) is 0 Å². The SMILES string of the molecule is CCCCCOc1nc(C)c(-c2cnc(N(C)C)cc2OC)nc1NC. The van der Waals surface area contributed by atoms with Crippen molar-refractivity contribution in [1.82, 2.24) is 15.0 Å².